The molecule has 0 radical (unpaired) electrons. The average molecular weight is 615 g/mol. The predicted octanol–water partition coefficient (Wildman–Crippen LogP) is 6.86. The molecule has 0 bridgehead atoms. The minimum atomic E-state index is -0.642. The van der Waals surface area contributed by atoms with E-state index in [0.717, 1.165) is 10.0 Å². The number of allylic oxidation sites excluding steroid dienone is 1. The number of halogens is 3. The van der Waals surface area contributed by atoms with Crippen LogP contribution in [0.4, 0.5) is 11.6 Å². The lowest BCUT2D eigenvalue weighted by atomic mass is 9.94. The van der Waals surface area contributed by atoms with Crippen LogP contribution in [0.1, 0.15) is 24.1 Å². The van der Waals surface area contributed by atoms with Crippen molar-refractivity contribution in [3.05, 3.63) is 104 Å². The number of para-hydroxylation sites is 2. The van der Waals surface area contributed by atoms with Gasteiger partial charge in [-0.2, -0.15) is 10.1 Å². The fourth-order valence-electron chi connectivity index (χ4n) is 4.27. The fraction of sp³-hybridized carbons (Fsp3) is 0.148. The molecule has 38 heavy (non-hydrogen) atoms. The molecule has 0 spiro atoms. The van der Waals surface area contributed by atoms with E-state index in [0.29, 0.717) is 50.0 Å². The second-order valence-electron chi connectivity index (χ2n) is 8.46. The molecule has 1 atom stereocenters. The zero-order chi connectivity index (χ0) is 26.8. The van der Waals surface area contributed by atoms with Gasteiger partial charge in [-0.15, -0.1) is 0 Å². The van der Waals surface area contributed by atoms with Crippen LogP contribution in [-0.4, -0.2) is 27.8 Å². The van der Waals surface area contributed by atoms with Crippen LogP contribution < -0.4 is 20.1 Å². The van der Waals surface area contributed by atoms with Gasteiger partial charge in [-0.3, -0.25) is 4.79 Å². The first-order chi connectivity index (χ1) is 18.4. The Hall–Kier alpha value is -3.53. The Balaban J connectivity index is 1.55. The van der Waals surface area contributed by atoms with E-state index in [2.05, 4.69) is 36.6 Å². The summed E-state index contributed by atoms with van der Waals surface area (Å²) in [6, 6.07) is 17.5. The summed E-state index contributed by atoms with van der Waals surface area (Å²) >= 11 is 16.0. The summed E-state index contributed by atoms with van der Waals surface area (Å²) < 4.78 is 14.2. The number of rotatable bonds is 7. The van der Waals surface area contributed by atoms with E-state index < -0.39 is 6.04 Å². The second-order valence-corrected chi connectivity index (χ2v) is 10.2. The van der Waals surface area contributed by atoms with Gasteiger partial charge in [0.2, 0.25) is 5.95 Å². The first kappa shape index (κ1) is 26.1. The molecular weight excluding hydrogens is 593 g/mol. The lowest BCUT2D eigenvalue weighted by Gasteiger charge is -2.30. The summed E-state index contributed by atoms with van der Waals surface area (Å²) in [6.07, 6.45) is 1.44. The molecule has 4 aromatic rings. The zero-order valence-electron chi connectivity index (χ0n) is 20.3. The quantitative estimate of drug-likeness (QED) is 0.236. The molecule has 1 aliphatic heterocycles. The van der Waals surface area contributed by atoms with E-state index >= 15 is 0 Å². The highest BCUT2D eigenvalue weighted by atomic mass is 79.9. The lowest BCUT2D eigenvalue weighted by molar-refractivity contribution is -0.113. The highest BCUT2D eigenvalue weighted by molar-refractivity contribution is 9.10. The van der Waals surface area contributed by atoms with E-state index in [9.17, 15) is 4.79 Å². The van der Waals surface area contributed by atoms with Crippen molar-refractivity contribution >= 4 is 56.7 Å². The Kier molecular flexibility index (Phi) is 7.60. The Morgan fingerprint density at radius 2 is 1.95 bits per heavy atom. The molecule has 194 valence electrons. The number of benzene rings is 3. The van der Waals surface area contributed by atoms with Gasteiger partial charge in [0, 0.05) is 31.3 Å². The van der Waals surface area contributed by atoms with Crippen LogP contribution >= 0.6 is 39.1 Å². The normalized spacial score (nSPS) is 14.5. The van der Waals surface area contributed by atoms with Crippen LogP contribution in [-0.2, 0) is 11.4 Å². The Bertz CT molecular complexity index is 1560. The largest absolute Gasteiger partial charge is 0.495 e. The molecule has 2 N–H and O–H groups in total. The summed E-state index contributed by atoms with van der Waals surface area (Å²) in [7, 11) is 1.56. The first-order valence-corrected chi connectivity index (χ1v) is 13.1. The number of carbonyl (C=O) groups is 1. The molecule has 0 aliphatic carbocycles. The van der Waals surface area contributed by atoms with Crippen LogP contribution in [0.15, 0.2) is 82.7 Å². The van der Waals surface area contributed by atoms with Crippen LogP contribution in [0.5, 0.6) is 11.5 Å². The molecule has 11 heteroatoms. The number of nitrogens with zero attached hydrogens (tertiary/aromatic N) is 3. The van der Waals surface area contributed by atoms with E-state index in [-0.39, 0.29) is 12.5 Å². The van der Waals surface area contributed by atoms with Crippen molar-refractivity contribution in [3.63, 3.8) is 0 Å². The summed E-state index contributed by atoms with van der Waals surface area (Å²) in [6.45, 7) is 2.03. The van der Waals surface area contributed by atoms with Crippen LogP contribution in [0.3, 0.4) is 0 Å². The third-order valence-electron chi connectivity index (χ3n) is 6.06. The van der Waals surface area contributed by atoms with Gasteiger partial charge in [-0.1, -0.05) is 57.3 Å². The highest BCUT2D eigenvalue weighted by Gasteiger charge is 2.35. The summed E-state index contributed by atoms with van der Waals surface area (Å²) in [5.41, 5.74) is 3.11. The number of fused-ring (bicyclic) bond motifs is 1. The molecular formula is C27H22BrCl2N5O3. The van der Waals surface area contributed by atoms with Gasteiger partial charge >= 0.3 is 0 Å². The van der Waals surface area contributed by atoms with Crippen molar-refractivity contribution < 1.29 is 14.3 Å². The Labute approximate surface area is 237 Å². The number of ether oxygens (including phenoxy) is 2. The minimum absolute atomic E-state index is 0.200. The van der Waals surface area contributed by atoms with Crippen LogP contribution in [0.25, 0.3) is 0 Å². The summed E-state index contributed by atoms with van der Waals surface area (Å²) in [5.74, 6) is 1.29. The molecule has 1 unspecified atom stereocenters. The number of anilines is 2. The molecule has 1 amide bonds. The Morgan fingerprint density at radius 1 is 1.13 bits per heavy atom. The van der Waals surface area contributed by atoms with Crippen LogP contribution in [0.2, 0.25) is 10.0 Å². The average Bonchev–Trinajstić information content (AvgIpc) is 3.36. The topological polar surface area (TPSA) is 90.3 Å². The molecule has 3 aromatic carbocycles. The molecule has 0 fully saturated rings. The van der Waals surface area contributed by atoms with E-state index in [1.54, 1.807) is 36.1 Å². The third-order valence-corrected chi connectivity index (χ3v) is 7.14. The summed E-state index contributed by atoms with van der Waals surface area (Å²) in [4.78, 5) is 18.1. The maximum absolute atomic E-state index is 13.8. The molecule has 0 saturated heterocycles. The number of methoxy groups -OCH3 is 1. The maximum atomic E-state index is 13.8. The van der Waals surface area contributed by atoms with Gasteiger partial charge in [-0.25, -0.2) is 4.68 Å². The zero-order valence-corrected chi connectivity index (χ0v) is 23.4. The summed E-state index contributed by atoms with van der Waals surface area (Å²) in [5, 5.41) is 11.6. The van der Waals surface area contributed by atoms with Gasteiger partial charge in [0.05, 0.1) is 18.4 Å². The van der Waals surface area contributed by atoms with Crippen molar-refractivity contribution in [1.29, 1.82) is 0 Å². The van der Waals surface area contributed by atoms with Crippen molar-refractivity contribution in [2.45, 2.75) is 19.6 Å². The van der Waals surface area contributed by atoms with Gasteiger partial charge in [0.15, 0.2) is 0 Å². The second kappa shape index (κ2) is 11.1. The lowest BCUT2D eigenvalue weighted by Crippen LogP contribution is -2.32. The van der Waals surface area contributed by atoms with Gasteiger partial charge in [0.1, 0.15) is 30.5 Å². The SMILES string of the molecule is COc1ccccc1NC(=O)C1=C(C)Nc2ncnn2C1c1cc(Br)ccc1OCc1ccc(Cl)cc1Cl. The predicted molar refractivity (Wildman–Crippen MR) is 151 cm³/mol. The molecule has 1 aromatic heterocycles. The number of hydrogen-bond donors (Lipinski definition) is 2. The van der Waals surface area contributed by atoms with E-state index in [1.807, 2.05) is 43.3 Å². The number of nitrogens with one attached hydrogen (secondary N) is 2. The molecule has 2 heterocycles. The third kappa shape index (κ3) is 5.22. The number of hydrogen-bond acceptors (Lipinski definition) is 6. The van der Waals surface area contributed by atoms with E-state index in [4.69, 9.17) is 32.7 Å². The van der Waals surface area contributed by atoms with Crippen LogP contribution in [0, 0.1) is 0 Å². The smallest absolute Gasteiger partial charge is 0.255 e. The highest BCUT2D eigenvalue weighted by Crippen LogP contribution is 2.41. The van der Waals surface area contributed by atoms with Crippen molar-refractivity contribution in [2.24, 2.45) is 0 Å². The monoisotopic (exact) mass is 613 g/mol. The van der Waals surface area contributed by atoms with Gasteiger partial charge in [0.25, 0.3) is 5.91 Å². The minimum Gasteiger partial charge on any atom is -0.495 e. The molecule has 0 saturated carbocycles. The molecule has 5 rings (SSSR count). The number of aromatic nitrogens is 3. The molecule has 1 aliphatic rings. The van der Waals surface area contributed by atoms with Crippen molar-refractivity contribution in [3.8, 4) is 11.5 Å². The van der Waals surface area contributed by atoms with E-state index in [1.165, 1.54) is 6.33 Å². The van der Waals surface area contributed by atoms with Gasteiger partial charge < -0.3 is 20.1 Å². The Morgan fingerprint density at radius 3 is 2.74 bits per heavy atom. The van der Waals surface area contributed by atoms with Gasteiger partial charge in [-0.05, 0) is 49.4 Å². The number of amides is 1. The van der Waals surface area contributed by atoms with Crippen molar-refractivity contribution in [2.75, 3.05) is 17.7 Å². The van der Waals surface area contributed by atoms with Crippen molar-refractivity contribution in [1.82, 2.24) is 14.8 Å². The maximum Gasteiger partial charge on any atom is 0.255 e. The first-order valence-electron chi connectivity index (χ1n) is 11.5. The number of carbonyl (C=O) groups excluding carboxylic acids is 1. The molecule has 8 nitrogen and oxygen atoms in total. The fourth-order valence-corrected chi connectivity index (χ4v) is 5.11. The standard InChI is InChI=1S/C27H22BrCl2N5O3/c1-15-24(26(36)34-21-5-3-4-6-23(21)37-2)25(35-27(33-15)31-14-32-35)19-11-17(28)8-10-22(19)38-13-16-7-9-18(29)12-20(16)30/h3-12,14,25H,13H2,1-2H3,(H,34,36)(H,31,32,33).